The van der Waals surface area contributed by atoms with Gasteiger partial charge in [-0.05, 0) is 25.7 Å². The molecule has 2 saturated carbocycles. The van der Waals surface area contributed by atoms with E-state index < -0.39 is 11.8 Å². The van der Waals surface area contributed by atoms with Crippen molar-refractivity contribution in [1.29, 1.82) is 0 Å². The molecule has 3 rings (SSSR count). The molecule has 0 aromatic rings. The maximum Gasteiger partial charge on any atom is 0.248 e. The highest BCUT2D eigenvalue weighted by molar-refractivity contribution is 5.80. The summed E-state index contributed by atoms with van der Waals surface area (Å²) in [6, 6.07) is 0. The van der Waals surface area contributed by atoms with Gasteiger partial charge in [0.1, 0.15) is 0 Å². The highest BCUT2D eigenvalue weighted by atomic mass is 19.3. The van der Waals surface area contributed by atoms with E-state index in [1.807, 2.05) is 0 Å². The lowest BCUT2D eigenvalue weighted by Crippen LogP contribution is -2.54. The van der Waals surface area contributed by atoms with Crippen LogP contribution in [0.1, 0.15) is 38.5 Å². The van der Waals surface area contributed by atoms with Crippen molar-refractivity contribution in [2.75, 3.05) is 13.1 Å². The second kappa shape index (κ2) is 3.17. The van der Waals surface area contributed by atoms with E-state index in [0.717, 1.165) is 13.1 Å². The summed E-state index contributed by atoms with van der Waals surface area (Å²) in [5, 5.41) is 0. The third kappa shape index (κ3) is 1.72. The van der Waals surface area contributed by atoms with Gasteiger partial charge in [-0.1, -0.05) is 0 Å². The Balaban J connectivity index is 1.58. The van der Waals surface area contributed by atoms with E-state index in [4.69, 9.17) is 0 Å². The predicted molar refractivity (Wildman–Crippen MR) is 55.2 cm³/mol. The lowest BCUT2D eigenvalue weighted by atomic mass is 9.84. The molecule has 1 amide bonds. The van der Waals surface area contributed by atoms with Gasteiger partial charge in [-0.25, -0.2) is 8.78 Å². The number of likely N-dealkylation sites (tertiary alicyclic amines) is 1. The molecule has 1 spiro atoms. The van der Waals surface area contributed by atoms with E-state index in [1.54, 1.807) is 4.90 Å². The molecule has 0 aromatic heterocycles. The molecule has 3 aliphatic rings. The lowest BCUT2D eigenvalue weighted by molar-refractivity contribution is -0.150. The van der Waals surface area contributed by atoms with Crippen molar-refractivity contribution in [1.82, 2.24) is 4.90 Å². The summed E-state index contributed by atoms with van der Waals surface area (Å²) >= 11 is 0. The Morgan fingerprint density at radius 3 is 2.44 bits per heavy atom. The standard InChI is InChI=1S/C12H17F2NO/c13-12(14)3-1-2-9(6-12)10(16)15-7-11(8-15)4-5-11/h9H,1-8H2. The summed E-state index contributed by atoms with van der Waals surface area (Å²) in [5.74, 6) is -3.04. The fraction of sp³-hybridized carbons (Fsp3) is 0.917. The maximum absolute atomic E-state index is 13.2. The third-order valence-electron chi connectivity index (χ3n) is 4.31. The van der Waals surface area contributed by atoms with E-state index in [1.165, 1.54) is 12.8 Å². The molecule has 1 heterocycles. The van der Waals surface area contributed by atoms with Crippen molar-refractivity contribution in [3.63, 3.8) is 0 Å². The molecular weight excluding hydrogens is 212 g/mol. The van der Waals surface area contributed by atoms with Gasteiger partial charge < -0.3 is 4.90 Å². The predicted octanol–water partition coefficient (Wildman–Crippen LogP) is 2.43. The van der Waals surface area contributed by atoms with Crippen LogP contribution < -0.4 is 0 Å². The summed E-state index contributed by atoms with van der Waals surface area (Å²) in [7, 11) is 0. The van der Waals surface area contributed by atoms with Crippen LogP contribution in [0.25, 0.3) is 0 Å². The van der Waals surface area contributed by atoms with Crippen LogP contribution in [0.5, 0.6) is 0 Å². The zero-order chi connectivity index (χ0) is 11.4. The van der Waals surface area contributed by atoms with Gasteiger partial charge in [-0.2, -0.15) is 0 Å². The van der Waals surface area contributed by atoms with Crippen LogP contribution >= 0.6 is 0 Å². The minimum absolute atomic E-state index is 0.0168. The Morgan fingerprint density at radius 1 is 1.19 bits per heavy atom. The van der Waals surface area contributed by atoms with Crippen molar-refractivity contribution in [3.8, 4) is 0 Å². The van der Waals surface area contributed by atoms with E-state index in [9.17, 15) is 13.6 Å². The number of nitrogens with zero attached hydrogens (tertiary/aromatic N) is 1. The van der Waals surface area contributed by atoms with E-state index >= 15 is 0 Å². The smallest absolute Gasteiger partial charge is 0.248 e. The molecule has 2 nitrogen and oxygen atoms in total. The Morgan fingerprint density at radius 2 is 1.88 bits per heavy atom. The maximum atomic E-state index is 13.2. The quantitative estimate of drug-likeness (QED) is 0.676. The van der Waals surface area contributed by atoms with Crippen LogP contribution in [-0.4, -0.2) is 29.8 Å². The summed E-state index contributed by atoms with van der Waals surface area (Å²) in [5.41, 5.74) is 0.423. The number of carbonyl (C=O) groups is 1. The van der Waals surface area contributed by atoms with E-state index in [2.05, 4.69) is 0 Å². The minimum atomic E-state index is -2.61. The fourth-order valence-corrected chi connectivity index (χ4v) is 3.05. The number of halogens is 2. The van der Waals surface area contributed by atoms with Gasteiger partial charge in [0, 0.05) is 37.3 Å². The second-order valence-electron chi connectivity index (χ2n) is 5.84. The van der Waals surface area contributed by atoms with Gasteiger partial charge >= 0.3 is 0 Å². The van der Waals surface area contributed by atoms with Gasteiger partial charge in [0.25, 0.3) is 0 Å². The second-order valence-corrected chi connectivity index (χ2v) is 5.84. The molecule has 1 aliphatic heterocycles. The molecule has 2 aliphatic carbocycles. The number of amides is 1. The number of hydrogen-bond acceptors (Lipinski definition) is 1. The van der Waals surface area contributed by atoms with Crippen molar-refractivity contribution in [3.05, 3.63) is 0 Å². The van der Waals surface area contributed by atoms with Crippen LogP contribution in [0.15, 0.2) is 0 Å². The van der Waals surface area contributed by atoms with Gasteiger partial charge in [-0.3, -0.25) is 4.79 Å². The molecule has 0 N–H and O–H groups in total. The van der Waals surface area contributed by atoms with Gasteiger partial charge in [0.05, 0.1) is 0 Å². The van der Waals surface area contributed by atoms with Crippen LogP contribution in [0.3, 0.4) is 0 Å². The molecule has 3 fully saturated rings. The van der Waals surface area contributed by atoms with Crippen LogP contribution in [-0.2, 0) is 4.79 Å². The van der Waals surface area contributed by atoms with E-state index in [0.29, 0.717) is 18.3 Å². The first-order chi connectivity index (χ1) is 7.50. The zero-order valence-corrected chi connectivity index (χ0v) is 9.35. The molecule has 4 heteroatoms. The summed E-state index contributed by atoms with van der Waals surface area (Å²) in [6.45, 7) is 1.65. The highest BCUT2D eigenvalue weighted by Crippen LogP contribution is 2.53. The minimum Gasteiger partial charge on any atom is -0.341 e. The van der Waals surface area contributed by atoms with Crippen LogP contribution in [0.2, 0.25) is 0 Å². The number of alkyl halides is 2. The Kier molecular flexibility index (Phi) is 2.08. The summed E-state index contributed by atoms with van der Waals surface area (Å²) in [4.78, 5) is 13.8. The first kappa shape index (κ1) is 10.5. The van der Waals surface area contributed by atoms with Gasteiger partial charge in [0.15, 0.2) is 0 Å². The first-order valence-electron chi connectivity index (χ1n) is 6.16. The molecule has 1 saturated heterocycles. The highest BCUT2D eigenvalue weighted by Gasteiger charge is 2.55. The molecule has 0 bridgehead atoms. The number of rotatable bonds is 1. The topological polar surface area (TPSA) is 20.3 Å². The third-order valence-corrected chi connectivity index (χ3v) is 4.31. The monoisotopic (exact) mass is 229 g/mol. The van der Waals surface area contributed by atoms with Gasteiger partial charge in [-0.15, -0.1) is 0 Å². The largest absolute Gasteiger partial charge is 0.341 e. The molecule has 0 aromatic carbocycles. The summed E-state index contributed by atoms with van der Waals surface area (Å²) in [6.07, 6.45) is 3.31. The van der Waals surface area contributed by atoms with Crippen LogP contribution in [0, 0.1) is 11.3 Å². The molecule has 1 atom stereocenters. The number of carbonyl (C=O) groups excluding carboxylic acids is 1. The molecule has 90 valence electrons. The van der Waals surface area contributed by atoms with Crippen molar-refractivity contribution in [2.24, 2.45) is 11.3 Å². The Bertz CT molecular complexity index is 317. The average molecular weight is 229 g/mol. The molecular formula is C12H17F2NO. The van der Waals surface area contributed by atoms with Crippen molar-refractivity contribution in [2.45, 2.75) is 44.4 Å². The average Bonchev–Trinajstić information content (AvgIpc) is 2.92. The Hall–Kier alpha value is -0.670. The zero-order valence-electron chi connectivity index (χ0n) is 9.35. The molecule has 0 radical (unpaired) electrons. The van der Waals surface area contributed by atoms with Gasteiger partial charge in [0.2, 0.25) is 11.8 Å². The van der Waals surface area contributed by atoms with E-state index in [-0.39, 0.29) is 18.7 Å². The Labute approximate surface area is 94.0 Å². The number of hydrogen-bond donors (Lipinski definition) is 0. The van der Waals surface area contributed by atoms with Crippen LogP contribution in [0.4, 0.5) is 8.78 Å². The lowest BCUT2D eigenvalue weighted by Gasteiger charge is -2.43. The first-order valence-corrected chi connectivity index (χ1v) is 6.16. The fourth-order valence-electron chi connectivity index (χ4n) is 3.05. The summed E-state index contributed by atoms with van der Waals surface area (Å²) < 4.78 is 26.4. The van der Waals surface area contributed by atoms with Crippen molar-refractivity contribution < 1.29 is 13.6 Å². The molecule has 1 unspecified atom stereocenters. The SMILES string of the molecule is O=C(C1CCCC(F)(F)C1)N1CC2(CC2)C1. The molecule has 16 heavy (non-hydrogen) atoms. The van der Waals surface area contributed by atoms with Crippen molar-refractivity contribution >= 4 is 5.91 Å². The normalized spacial score (nSPS) is 34.6.